The molecular weight excluding hydrogens is 560 g/mol. The Morgan fingerprint density at radius 2 is 1.70 bits per heavy atom. The maximum Gasteiger partial charge on any atom is 0.419 e. The van der Waals surface area contributed by atoms with E-state index in [1.807, 2.05) is 93.2 Å². The second-order valence-electron chi connectivity index (χ2n) is 11.3. The largest absolute Gasteiger partial charge is 0.496 e. The number of hydrogen-bond donors (Lipinski definition) is 0. The molecule has 8 heteroatoms. The van der Waals surface area contributed by atoms with E-state index in [1.54, 1.807) is 17.9 Å². The quantitative estimate of drug-likeness (QED) is 0.275. The van der Waals surface area contributed by atoms with E-state index in [4.69, 9.17) is 9.47 Å². The first-order chi connectivity index (χ1) is 20.8. The number of allylic oxidation sites excluding steroid dienone is 2. The minimum Gasteiger partial charge on any atom is -0.496 e. The Hall–Kier alpha value is -2.71. The van der Waals surface area contributed by atoms with Gasteiger partial charge in [0.25, 0.3) is 6.43 Å². The van der Waals surface area contributed by atoms with Gasteiger partial charge in [-0.1, -0.05) is 73.6 Å². The molecule has 1 aromatic carbocycles. The first kappa shape index (κ1) is 41.3. The molecule has 0 aliphatic carbocycles. The van der Waals surface area contributed by atoms with Crippen LogP contribution in [0.2, 0.25) is 0 Å². The fourth-order valence-electron chi connectivity index (χ4n) is 5.02. The molecule has 1 aliphatic heterocycles. The number of carbonyl (C=O) groups is 1. The number of piperazine rings is 1. The zero-order valence-corrected chi connectivity index (χ0v) is 30.1. The van der Waals surface area contributed by atoms with Crippen LogP contribution in [0.25, 0.3) is 10.9 Å². The fourth-order valence-corrected chi connectivity index (χ4v) is 5.02. The van der Waals surface area contributed by atoms with Gasteiger partial charge in [-0.3, -0.25) is 14.4 Å². The number of alkyl halides is 2. The van der Waals surface area contributed by atoms with Gasteiger partial charge in [0, 0.05) is 49.4 Å². The number of fused-ring (bicyclic) bond motifs is 1. The molecule has 1 unspecified atom stereocenters. The van der Waals surface area contributed by atoms with Crippen LogP contribution in [-0.2, 0) is 11.3 Å². The summed E-state index contributed by atoms with van der Waals surface area (Å²) in [7, 11) is 1.65. The van der Waals surface area contributed by atoms with Crippen molar-refractivity contribution in [1.82, 2.24) is 14.4 Å². The van der Waals surface area contributed by atoms with Gasteiger partial charge in [-0.2, -0.15) is 0 Å². The van der Waals surface area contributed by atoms with Crippen molar-refractivity contribution in [2.45, 2.75) is 115 Å². The molecule has 1 saturated heterocycles. The predicted molar refractivity (Wildman–Crippen MR) is 183 cm³/mol. The highest BCUT2D eigenvalue weighted by Crippen LogP contribution is 2.35. The molecule has 1 fully saturated rings. The molecule has 1 atom stereocenters. The summed E-state index contributed by atoms with van der Waals surface area (Å²) < 4.78 is 39.5. The Bertz CT molecular complexity index is 1180. The van der Waals surface area contributed by atoms with Gasteiger partial charge < -0.3 is 9.47 Å². The van der Waals surface area contributed by atoms with Crippen molar-refractivity contribution in [3.63, 3.8) is 0 Å². The average molecular weight is 622 g/mol. The van der Waals surface area contributed by atoms with Gasteiger partial charge in [0.1, 0.15) is 11.4 Å². The van der Waals surface area contributed by atoms with Crippen LogP contribution in [0.5, 0.6) is 5.75 Å². The van der Waals surface area contributed by atoms with Gasteiger partial charge in [0.15, 0.2) is 0 Å². The minimum atomic E-state index is -2.37. The number of methoxy groups -OCH3 is 1. The third kappa shape index (κ3) is 12.0. The van der Waals surface area contributed by atoms with Crippen molar-refractivity contribution < 1.29 is 23.0 Å². The zero-order chi connectivity index (χ0) is 34.2. The molecular formula is C36H61F2N3O3. The molecule has 0 bridgehead atoms. The summed E-state index contributed by atoms with van der Waals surface area (Å²) in [5, 5.41) is 0.918. The van der Waals surface area contributed by atoms with E-state index in [9.17, 15) is 13.6 Å². The molecule has 0 radical (unpaired) electrons. The first-order valence-corrected chi connectivity index (χ1v) is 16.3. The summed E-state index contributed by atoms with van der Waals surface area (Å²) in [6, 6.07) is 3.83. The van der Waals surface area contributed by atoms with Gasteiger partial charge in [0.2, 0.25) is 0 Å². The topological polar surface area (TPSA) is 46.9 Å². The van der Waals surface area contributed by atoms with Crippen LogP contribution in [0.4, 0.5) is 13.6 Å². The van der Waals surface area contributed by atoms with Gasteiger partial charge in [-0.15, -0.1) is 0 Å². The molecule has 0 saturated carbocycles. The Kier molecular flexibility index (Phi) is 19.1. The third-order valence-electron chi connectivity index (χ3n) is 6.76. The Balaban J connectivity index is 0.00000290. The summed E-state index contributed by atoms with van der Waals surface area (Å²) in [6.07, 6.45) is 5.28. The van der Waals surface area contributed by atoms with Crippen LogP contribution in [0.15, 0.2) is 42.1 Å². The molecule has 1 aliphatic rings. The van der Waals surface area contributed by atoms with E-state index >= 15 is 0 Å². The van der Waals surface area contributed by atoms with Crippen LogP contribution in [0.1, 0.15) is 94.2 Å². The lowest BCUT2D eigenvalue weighted by molar-refractivity contribution is 0.0357. The van der Waals surface area contributed by atoms with Crippen molar-refractivity contribution in [3.8, 4) is 5.75 Å². The molecule has 252 valence electrons. The van der Waals surface area contributed by atoms with Crippen molar-refractivity contribution >= 4 is 17.0 Å². The summed E-state index contributed by atoms with van der Waals surface area (Å²) in [4.78, 5) is 17.2. The van der Waals surface area contributed by atoms with E-state index in [0.717, 1.165) is 33.4 Å². The van der Waals surface area contributed by atoms with Crippen molar-refractivity contribution in [3.05, 3.63) is 53.3 Å². The SMILES string of the molecule is C/C=C(\C=C/C(C)C)C1CN(CC(F)F)CCN1Cc1c(OC)cc(C)c2c1ccn2C(=O)OC(C)(C)C.CC.CC.CC. The maximum absolute atomic E-state index is 13.3. The van der Waals surface area contributed by atoms with Gasteiger partial charge in [0.05, 0.1) is 19.2 Å². The molecule has 0 spiro atoms. The lowest BCUT2D eigenvalue weighted by atomic mass is 9.97. The lowest BCUT2D eigenvalue weighted by Crippen LogP contribution is -2.54. The number of aromatic nitrogens is 1. The molecule has 2 heterocycles. The number of nitrogens with zero attached hydrogens (tertiary/aromatic N) is 3. The van der Waals surface area contributed by atoms with E-state index in [0.29, 0.717) is 32.1 Å². The van der Waals surface area contributed by atoms with Crippen LogP contribution in [0.3, 0.4) is 0 Å². The number of rotatable bonds is 8. The third-order valence-corrected chi connectivity index (χ3v) is 6.76. The van der Waals surface area contributed by atoms with Crippen LogP contribution < -0.4 is 4.74 Å². The number of hydrogen-bond acceptors (Lipinski definition) is 5. The Morgan fingerprint density at radius 3 is 2.20 bits per heavy atom. The maximum atomic E-state index is 13.3. The normalized spacial score (nSPS) is 16.2. The van der Waals surface area contributed by atoms with Crippen LogP contribution in [-0.4, -0.2) is 71.8 Å². The molecule has 6 nitrogen and oxygen atoms in total. The summed E-state index contributed by atoms with van der Waals surface area (Å²) in [5.74, 6) is 1.12. The fraction of sp³-hybridized carbons (Fsp3) is 0.639. The number of halogens is 2. The van der Waals surface area contributed by atoms with Crippen molar-refractivity contribution in [2.75, 3.05) is 33.3 Å². The van der Waals surface area contributed by atoms with Gasteiger partial charge in [-0.05, 0) is 63.8 Å². The molecule has 44 heavy (non-hydrogen) atoms. The molecule has 1 aromatic heterocycles. The van der Waals surface area contributed by atoms with Crippen molar-refractivity contribution in [2.24, 2.45) is 5.92 Å². The zero-order valence-electron chi connectivity index (χ0n) is 30.1. The van der Waals surface area contributed by atoms with Crippen molar-refractivity contribution in [1.29, 1.82) is 0 Å². The average Bonchev–Trinajstić information content (AvgIpc) is 3.44. The highest BCUT2D eigenvalue weighted by atomic mass is 19.3. The summed E-state index contributed by atoms with van der Waals surface area (Å²) >= 11 is 0. The minimum absolute atomic E-state index is 0.0588. The van der Waals surface area contributed by atoms with E-state index in [1.165, 1.54) is 0 Å². The highest BCUT2D eigenvalue weighted by Gasteiger charge is 2.31. The van der Waals surface area contributed by atoms with Gasteiger partial charge >= 0.3 is 6.09 Å². The monoisotopic (exact) mass is 621 g/mol. The summed E-state index contributed by atoms with van der Waals surface area (Å²) in [5.41, 5.74) is 3.14. The molecule has 2 aromatic rings. The number of carbonyl (C=O) groups excluding carboxylic acids is 1. The Morgan fingerprint density at radius 1 is 1.09 bits per heavy atom. The Labute approximate surface area is 267 Å². The molecule has 3 rings (SSSR count). The van der Waals surface area contributed by atoms with Gasteiger partial charge in [-0.25, -0.2) is 13.6 Å². The van der Waals surface area contributed by atoms with Crippen LogP contribution in [0, 0.1) is 12.8 Å². The summed E-state index contributed by atoms with van der Waals surface area (Å²) in [6.45, 7) is 27.8. The van der Waals surface area contributed by atoms with E-state index in [-0.39, 0.29) is 12.6 Å². The molecule has 0 N–H and O–H groups in total. The second kappa shape index (κ2) is 20.3. The second-order valence-corrected chi connectivity index (χ2v) is 11.3. The van der Waals surface area contributed by atoms with Crippen LogP contribution >= 0.6 is 0 Å². The van der Waals surface area contributed by atoms with E-state index < -0.39 is 18.1 Å². The smallest absolute Gasteiger partial charge is 0.419 e. The molecule has 0 amide bonds. The lowest BCUT2D eigenvalue weighted by Gasteiger charge is -2.42. The standard InChI is InChI=1S/C30H43F2N3O3.3C2H6/c1-9-22(11-10-20(2)3)25-18-33(19-27(31)32)14-15-34(25)17-24-23-12-13-35(29(36)38-30(5,6)7)28(23)21(4)16-26(24)37-8;3*1-2/h9-13,16,20,25,27H,14-15,17-19H2,1-8H3;3*1-2H3/b11-10-,22-9+;;;. The highest BCUT2D eigenvalue weighted by molar-refractivity contribution is 5.95. The number of benzene rings is 1. The number of aryl methyl sites for hydroxylation is 1. The predicted octanol–water partition coefficient (Wildman–Crippen LogP) is 9.73. The first-order valence-electron chi connectivity index (χ1n) is 16.3. The van der Waals surface area contributed by atoms with E-state index in [2.05, 4.69) is 37.0 Å². The number of ether oxygens (including phenoxy) is 2.